The second kappa shape index (κ2) is 27.7. The third-order valence-corrected chi connectivity index (χ3v) is 13.8. The number of benzene rings is 1. The number of nitrogens with zero attached hydrogens (tertiary/aromatic N) is 2. The minimum absolute atomic E-state index is 0.0508. The summed E-state index contributed by atoms with van der Waals surface area (Å²) in [7, 11) is 0. The molecular formula is C48H77N7O16. The van der Waals surface area contributed by atoms with Crippen molar-refractivity contribution >= 4 is 41.4 Å². The van der Waals surface area contributed by atoms with Crippen LogP contribution in [0.25, 0.3) is 0 Å². The van der Waals surface area contributed by atoms with Crippen LogP contribution in [0.5, 0.6) is 5.75 Å². The van der Waals surface area contributed by atoms with E-state index in [2.05, 4.69) is 40.4 Å². The van der Waals surface area contributed by atoms with Crippen molar-refractivity contribution in [2.45, 2.75) is 190 Å². The lowest BCUT2D eigenvalue weighted by atomic mass is 9.97. The molecule has 23 heteroatoms. The number of amides is 7. The lowest BCUT2D eigenvalue weighted by Crippen LogP contribution is -2.63. The zero-order valence-corrected chi connectivity index (χ0v) is 41.1. The molecule has 3 heterocycles. The normalized spacial score (nSPS) is 30.2. The van der Waals surface area contributed by atoms with Crippen molar-refractivity contribution in [2.24, 2.45) is 11.8 Å². The molecule has 23 nitrogen and oxygen atoms in total. The van der Waals surface area contributed by atoms with E-state index in [1.807, 2.05) is 0 Å². The number of hydrogen-bond donors (Lipinski definition) is 14. The molecule has 71 heavy (non-hydrogen) atoms. The molecule has 3 aliphatic rings. The molecule has 0 saturated carbocycles. The summed E-state index contributed by atoms with van der Waals surface area (Å²) in [4.78, 5) is 99.4. The molecule has 4 rings (SSSR count). The van der Waals surface area contributed by atoms with Gasteiger partial charge in [0, 0.05) is 38.3 Å². The lowest BCUT2D eigenvalue weighted by Gasteiger charge is -2.33. The number of aliphatic hydroxyl groups is 8. The molecule has 0 bridgehead atoms. The first-order valence-corrected chi connectivity index (χ1v) is 24.9. The quantitative estimate of drug-likeness (QED) is 0.0672. The maximum Gasteiger partial charge on any atom is 0.248 e. The standard InChI is InChI=1S/C48H77N7O16/c1-5-25(2)14-12-10-8-6-7-9-11-13-15-35(61)49-31-21-34(60)44(67)53-46(69)38-39(62)26(3)22-55(38)47(70)32(24-56)50-45(68)37(41(64)40(63)28-16-18-29(58)19-17-28)52-43(66)33-20-30(59)23-54(33)48(71)36(27(4)57)51-42(31)65/h16-19,25-27,30-34,36-41,44,56-60,62-64,67H,5-15,20-24H2,1-4H3,(H,49,61)(H,50,68)(H,51,65)(H,52,66)(H,53,69)/t25-,26+,27+,30+,31+,32-,33+,34+,36-,37-,38+,39-,40-,41+,44+/m1/s1. The summed E-state index contributed by atoms with van der Waals surface area (Å²) < 4.78 is 0. The summed E-state index contributed by atoms with van der Waals surface area (Å²) >= 11 is 0. The molecule has 14 N–H and O–H groups in total. The SMILES string of the molecule is CC[C@@H](C)CCCCCCCCCCC(=O)N[C@H]1C[C@H](O)[C@H](O)NC(=O)[C@@H]2[C@H](O)[C@@H](C)CN2C(=O)[C@@H](CO)NC(=O)[C@@H]([C@H](O)[C@H](O)c2ccc(O)cc2)NC(=O)[C@@H]2C[C@H](O)CN2C(=O)[C@@H]([C@H](C)O)NC1=O. The van der Waals surface area contributed by atoms with Crippen molar-refractivity contribution < 1.29 is 79.5 Å². The molecule has 3 aliphatic heterocycles. The van der Waals surface area contributed by atoms with Gasteiger partial charge < -0.3 is 82.3 Å². The van der Waals surface area contributed by atoms with Gasteiger partial charge in [0.15, 0.2) is 6.23 Å². The Bertz CT molecular complexity index is 1950. The van der Waals surface area contributed by atoms with Gasteiger partial charge in [-0.3, -0.25) is 33.6 Å². The Morgan fingerprint density at radius 1 is 0.732 bits per heavy atom. The summed E-state index contributed by atoms with van der Waals surface area (Å²) in [6, 6.07) is -6.51. The van der Waals surface area contributed by atoms with E-state index in [0.717, 1.165) is 67.4 Å². The molecule has 1 aromatic carbocycles. The summed E-state index contributed by atoms with van der Waals surface area (Å²) in [6.45, 7) is 5.00. The Balaban J connectivity index is 1.65. The molecular weight excluding hydrogens is 931 g/mol. The van der Waals surface area contributed by atoms with E-state index in [9.17, 15) is 79.5 Å². The Hall–Kier alpha value is -5.01. The molecule has 15 atom stereocenters. The van der Waals surface area contributed by atoms with E-state index in [1.54, 1.807) is 0 Å². The van der Waals surface area contributed by atoms with Crippen molar-refractivity contribution in [3.05, 3.63) is 29.8 Å². The fourth-order valence-electron chi connectivity index (χ4n) is 9.17. The van der Waals surface area contributed by atoms with Crippen molar-refractivity contribution in [1.29, 1.82) is 0 Å². The fraction of sp³-hybridized carbons (Fsp3) is 0.729. The molecule has 400 valence electrons. The van der Waals surface area contributed by atoms with E-state index in [0.29, 0.717) is 18.8 Å². The number of nitrogens with one attached hydrogen (secondary N) is 5. The van der Waals surface area contributed by atoms with Gasteiger partial charge in [0.25, 0.3) is 0 Å². The Morgan fingerprint density at radius 3 is 1.94 bits per heavy atom. The number of unbranched alkanes of at least 4 members (excludes halogenated alkanes) is 7. The monoisotopic (exact) mass is 1010 g/mol. The van der Waals surface area contributed by atoms with Gasteiger partial charge in [0.1, 0.15) is 60.3 Å². The van der Waals surface area contributed by atoms with Crippen LogP contribution in [0.15, 0.2) is 24.3 Å². The van der Waals surface area contributed by atoms with Crippen LogP contribution >= 0.6 is 0 Å². The first-order valence-electron chi connectivity index (χ1n) is 24.9. The maximum absolute atomic E-state index is 14.3. The van der Waals surface area contributed by atoms with E-state index in [-0.39, 0.29) is 24.3 Å². The molecule has 0 unspecified atom stereocenters. The van der Waals surface area contributed by atoms with Gasteiger partial charge in [-0.05, 0) is 37.0 Å². The third kappa shape index (κ3) is 16.2. The van der Waals surface area contributed by atoms with Crippen LogP contribution in [0.1, 0.15) is 123 Å². The average molecular weight is 1010 g/mol. The lowest BCUT2D eigenvalue weighted by molar-refractivity contribution is -0.147. The van der Waals surface area contributed by atoms with Crippen LogP contribution < -0.4 is 26.6 Å². The van der Waals surface area contributed by atoms with Crippen molar-refractivity contribution in [1.82, 2.24) is 36.4 Å². The molecule has 0 aliphatic carbocycles. The van der Waals surface area contributed by atoms with Crippen LogP contribution in [0, 0.1) is 11.8 Å². The third-order valence-electron chi connectivity index (χ3n) is 13.8. The van der Waals surface area contributed by atoms with Gasteiger partial charge in [0.2, 0.25) is 41.4 Å². The highest BCUT2D eigenvalue weighted by Crippen LogP contribution is 2.27. The summed E-state index contributed by atoms with van der Waals surface area (Å²) in [5.41, 5.74) is -0.0577. The second-order valence-corrected chi connectivity index (χ2v) is 19.5. The van der Waals surface area contributed by atoms with Crippen molar-refractivity contribution in [2.75, 3.05) is 19.7 Å². The predicted octanol–water partition coefficient (Wildman–Crippen LogP) is -2.59. The number of rotatable bonds is 18. The number of carbonyl (C=O) groups is 7. The Labute approximate surface area is 413 Å². The highest BCUT2D eigenvalue weighted by atomic mass is 16.3. The topological polar surface area (TPSA) is 368 Å². The first kappa shape index (κ1) is 58.6. The highest BCUT2D eigenvalue weighted by molar-refractivity contribution is 5.98. The van der Waals surface area contributed by atoms with Gasteiger partial charge in [-0.15, -0.1) is 0 Å². The summed E-state index contributed by atoms with van der Waals surface area (Å²) in [5.74, 6) is -8.20. The van der Waals surface area contributed by atoms with Crippen LogP contribution in [-0.2, 0) is 33.6 Å². The number of aliphatic hydroxyl groups excluding tert-OH is 8. The van der Waals surface area contributed by atoms with E-state index >= 15 is 0 Å². The van der Waals surface area contributed by atoms with Gasteiger partial charge in [-0.2, -0.15) is 0 Å². The largest absolute Gasteiger partial charge is 0.508 e. The maximum atomic E-state index is 14.3. The van der Waals surface area contributed by atoms with Gasteiger partial charge in [0.05, 0.1) is 24.9 Å². The minimum Gasteiger partial charge on any atom is -0.508 e. The number of hydrogen-bond acceptors (Lipinski definition) is 16. The minimum atomic E-state index is -2.26. The number of fused-ring (bicyclic) bond motifs is 2. The molecule has 7 amide bonds. The molecule has 1 aromatic rings. The number of phenolic OH excluding ortho intramolecular Hbond substituents is 1. The van der Waals surface area contributed by atoms with E-state index in [1.165, 1.54) is 31.9 Å². The van der Waals surface area contributed by atoms with Crippen LogP contribution in [0.3, 0.4) is 0 Å². The smallest absolute Gasteiger partial charge is 0.248 e. The zero-order chi connectivity index (χ0) is 52.7. The molecule has 3 saturated heterocycles. The second-order valence-electron chi connectivity index (χ2n) is 19.5. The highest BCUT2D eigenvalue weighted by Gasteiger charge is 2.49. The van der Waals surface area contributed by atoms with Gasteiger partial charge in [-0.1, -0.05) is 90.7 Å². The number of carbonyl (C=O) groups excluding carboxylic acids is 7. The number of aromatic hydroxyl groups is 1. The van der Waals surface area contributed by atoms with E-state index in [4.69, 9.17) is 0 Å². The number of phenols is 1. The van der Waals surface area contributed by atoms with Crippen LogP contribution in [-0.4, -0.2) is 190 Å². The van der Waals surface area contributed by atoms with Crippen molar-refractivity contribution in [3.8, 4) is 5.75 Å². The average Bonchev–Trinajstić information content (AvgIpc) is 3.88. The van der Waals surface area contributed by atoms with Gasteiger partial charge in [-0.25, -0.2) is 0 Å². The Kier molecular flexibility index (Phi) is 22.9. The van der Waals surface area contributed by atoms with Gasteiger partial charge >= 0.3 is 0 Å². The molecule has 0 radical (unpaired) electrons. The summed E-state index contributed by atoms with van der Waals surface area (Å²) in [6.07, 6.45) is -4.65. The first-order chi connectivity index (χ1) is 33.6. The summed E-state index contributed by atoms with van der Waals surface area (Å²) in [5, 5.41) is 109. The molecule has 0 aromatic heterocycles. The van der Waals surface area contributed by atoms with Crippen molar-refractivity contribution in [3.63, 3.8) is 0 Å². The zero-order valence-electron chi connectivity index (χ0n) is 41.1. The predicted molar refractivity (Wildman–Crippen MR) is 253 cm³/mol. The van der Waals surface area contributed by atoms with Crippen LogP contribution in [0.4, 0.5) is 0 Å². The molecule has 3 fully saturated rings. The van der Waals surface area contributed by atoms with Crippen LogP contribution in [0.2, 0.25) is 0 Å². The Morgan fingerprint density at radius 2 is 1.34 bits per heavy atom. The fourth-order valence-corrected chi connectivity index (χ4v) is 9.17. The molecule has 0 spiro atoms. The van der Waals surface area contributed by atoms with E-state index < -0.39 is 152 Å².